The van der Waals surface area contributed by atoms with Gasteiger partial charge >= 0.3 is 6.18 Å². The van der Waals surface area contributed by atoms with Crippen molar-refractivity contribution in [2.24, 2.45) is 10.9 Å². The minimum absolute atomic E-state index is 0. The molecule has 1 atom stereocenters. The third-order valence-electron chi connectivity index (χ3n) is 4.03. The zero-order valence-electron chi connectivity index (χ0n) is 15.8. The van der Waals surface area contributed by atoms with Crippen molar-refractivity contribution in [2.45, 2.75) is 19.0 Å². The van der Waals surface area contributed by atoms with Crippen LogP contribution in [0.4, 0.5) is 13.2 Å². The highest BCUT2D eigenvalue weighted by Crippen LogP contribution is 2.17. The molecule has 156 valence electrons. The summed E-state index contributed by atoms with van der Waals surface area (Å²) in [6.45, 7) is 3.80. The summed E-state index contributed by atoms with van der Waals surface area (Å²) in [5.41, 5.74) is 0. The number of guanidine groups is 1. The number of likely N-dealkylation sites (tertiary alicyclic amines) is 1. The van der Waals surface area contributed by atoms with Gasteiger partial charge in [-0.2, -0.15) is 13.2 Å². The van der Waals surface area contributed by atoms with Gasteiger partial charge < -0.3 is 19.7 Å². The molecule has 0 radical (unpaired) electrons. The Bertz CT molecular complexity index is 400. The Morgan fingerprint density at radius 1 is 1.35 bits per heavy atom. The highest BCUT2D eigenvalue weighted by Gasteiger charge is 2.29. The minimum Gasteiger partial charge on any atom is -0.382 e. The van der Waals surface area contributed by atoms with Gasteiger partial charge in [-0.15, -0.1) is 24.0 Å². The van der Waals surface area contributed by atoms with Crippen LogP contribution in [0.2, 0.25) is 0 Å². The first-order valence-electron chi connectivity index (χ1n) is 8.63. The summed E-state index contributed by atoms with van der Waals surface area (Å²) in [5.74, 6) is 1.27. The van der Waals surface area contributed by atoms with E-state index in [0.29, 0.717) is 45.2 Å². The summed E-state index contributed by atoms with van der Waals surface area (Å²) < 4.78 is 47.3. The summed E-state index contributed by atoms with van der Waals surface area (Å²) in [7, 11) is 4.86. The van der Waals surface area contributed by atoms with Crippen molar-refractivity contribution in [2.75, 3.05) is 73.7 Å². The first-order valence-corrected chi connectivity index (χ1v) is 8.63. The first kappa shape index (κ1) is 25.7. The van der Waals surface area contributed by atoms with Crippen LogP contribution in [0.15, 0.2) is 4.99 Å². The number of halogens is 4. The van der Waals surface area contributed by atoms with Crippen LogP contribution in [-0.4, -0.2) is 95.7 Å². The molecule has 26 heavy (non-hydrogen) atoms. The molecule has 0 spiro atoms. The van der Waals surface area contributed by atoms with E-state index in [1.807, 2.05) is 0 Å². The Labute approximate surface area is 171 Å². The Kier molecular flexibility index (Phi) is 13.6. The smallest absolute Gasteiger partial charge is 0.382 e. The maximum atomic E-state index is 12.3. The number of nitrogens with one attached hydrogen (secondary N) is 1. The van der Waals surface area contributed by atoms with Gasteiger partial charge in [-0.05, 0) is 26.4 Å². The van der Waals surface area contributed by atoms with Crippen LogP contribution in [0, 0.1) is 5.92 Å². The molecule has 0 bridgehead atoms. The first-order chi connectivity index (χ1) is 11.9. The minimum atomic E-state index is -4.14. The number of ether oxygens (including phenoxy) is 2. The van der Waals surface area contributed by atoms with Gasteiger partial charge in [0.05, 0.1) is 26.4 Å². The number of hydrogen-bond acceptors (Lipinski definition) is 4. The van der Waals surface area contributed by atoms with Crippen LogP contribution in [0.1, 0.15) is 12.8 Å². The molecular weight excluding hydrogens is 464 g/mol. The summed E-state index contributed by atoms with van der Waals surface area (Å²) in [4.78, 5) is 7.72. The van der Waals surface area contributed by atoms with Crippen molar-refractivity contribution in [1.29, 1.82) is 0 Å². The largest absolute Gasteiger partial charge is 0.401 e. The van der Waals surface area contributed by atoms with Gasteiger partial charge in [0.25, 0.3) is 0 Å². The topological polar surface area (TPSA) is 49.3 Å². The van der Waals surface area contributed by atoms with Crippen molar-refractivity contribution in [3.63, 3.8) is 0 Å². The van der Waals surface area contributed by atoms with Gasteiger partial charge in [-0.25, -0.2) is 0 Å². The zero-order chi connectivity index (χ0) is 18.7. The van der Waals surface area contributed by atoms with E-state index in [1.165, 1.54) is 11.9 Å². The van der Waals surface area contributed by atoms with E-state index < -0.39 is 12.7 Å². The average molecular weight is 496 g/mol. The van der Waals surface area contributed by atoms with Gasteiger partial charge in [0.15, 0.2) is 5.96 Å². The number of aliphatic imine (C=N–C) groups is 1. The normalized spacial score (nSPS) is 18.3. The lowest BCUT2D eigenvalue weighted by Crippen LogP contribution is -2.41. The number of alkyl halides is 3. The van der Waals surface area contributed by atoms with Crippen LogP contribution >= 0.6 is 24.0 Å². The second kappa shape index (κ2) is 13.8. The van der Waals surface area contributed by atoms with Crippen LogP contribution < -0.4 is 5.32 Å². The van der Waals surface area contributed by atoms with Gasteiger partial charge in [0.1, 0.15) is 0 Å². The molecule has 0 aromatic rings. The van der Waals surface area contributed by atoms with Crippen LogP contribution in [0.25, 0.3) is 0 Å². The van der Waals surface area contributed by atoms with Gasteiger partial charge in [-0.1, -0.05) is 0 Å². The molecule has 1 rings (SSSR count). The molecule has 0 aromatic carbocycles. The molecule has 10 heteroatoms. The molecule has 1 saturated heterocycles. The quantitative estimate of drug-likeness (QED) is 0.217. The summed E-state index contributed by atoms with van der Waals surface area (Å²) in [5, 5.41) is 3.23. The SMILES string of the molecule is CN=C(NCCCN(C)CC(F)(F)F)N1CCC(COCCOC)C1.I. The molecule has 1 heterocycles. The fourth-order valence-corrected chi connectivity index (χ4v) is 2.82. The van der Waals surface area contributed by atoms with Crippen molar-refractivity contribution in [1.82, 2.24) is 15.1 Å². The Hall–Kier alpha value is -0.330. The molecule has 1 N–H and O–H groups in total. The van der Waals surface area contributed by atoms with Crippen molar-refractivity contribution >= 4 is 29.9 Å². The fraction of sp³-hybridized carbons (Fsp3) is 0.938. The van der Waals surface area contributed by atoms with Crippen LogP contribution in [0.5, 0.6) is 0 Å². The van der Waals surface area contributed by atoms with Gasteiger partial charge in [0, 0.05) is 39.7 Å². The van der Waals surface area contributed by atoms with E-state index in [2.05, 4.69) is 15.2 Å². The number of methoxy groups -OCH3 is 1. The maximum absolute atomic E-state index is 12.3. The summed E-state index contributed by atoms with van der Waals surface area (Å²) in [6.07, 6.45) is -2.47. The van der Waals surface area contributed by atoms with Crippen LogP contribution in [-0.2, 0) is 9.47 Å². The third-order valence-corrected chi connectivity index (χ3v) is 4.03. The van der Waals surface area contributed by atoms with Crippen molar-refractivity contribution in [3.05, 3.63) is 0 Å². The van der Waals surface area contributed by atoms with Crippen molar-refractivity contribution < 1.29 is 22.6 Å². The highest BCUT2D eigenvalue weighted by molar-refractivity contribution is 14.0. The monoisotopic (exact) mass is 496 g/mol. The van der Waals surface area contributed by atoms with Crippen LogP contribution in [0.3, 0.4) is 0 Å². The fourth-order valence-electron chi connectivity index (χ4n) is 2.82. The third kappa shape index (κ3) is 11.4. The Morgan fingerprint density at radius 2 is 2.08 bits per heavy atom. The second-order valence-corrected chi connectivity index (χ2v) is 6.35. The molecule has 1 aliphatic rings. The zero-order valence-corrected chi connectivity index (χ0v) is 18.2. The van der Waals surface area contributed by atoms with Gasteiger partial charge in [-0.3, -0.25) is 9.89 Å². The number of nitrogens with zero attached hydrogens (tertiary/aromatic N) is 3. The Morgan fingerprint density at radius 3 is 2.69 bits per heavy atom. The van der Waals surface area contributed by atoms with Crippen molar-refractivity contribution in [3.8, 4) is 0 Å². The standard InChI is InChI=1S/C16H31F3N4O2.HI/c1-20-15(21-6-4-7-22(2)13-16(17,18)19)23-8-5-14(11-23)12-25-10-9-24-3;/h14H,4-13H2,1-3H3,(H,20,21);1H. The number of rotatable bonds is 10. The maximum Gasteiger partial charge on any atom is 0.401 e. The average Bonchev–Trinajstić information content (AvgIpc) is 2.98. The lowest BCUT2D eigenvalue weighted by molar-refractivity contribution is -0.143. The molecule has 6 nitrogen and oxygen atoms in total. The Balaban J connectivity index is 0.00000625. The van der Waals surface area contributed by atoms with E-state index in [1.54, 1.807) is 14.2 Å². The summed E-state index contributed by atoms with van der Waals surface area (Å²) in [6, 6.07) is 0. The molecule has 0 aliphatic carbocycles. The molecule has 0 aromatic heterocycles. The van der Waals surface area contributed by atoms with E-state index in [9.17, 15) is 13.2 Å². The lowest BCUT2D eigenvalue weighted by Gasteiger charge is -2.23. The second-order valence-electron chi connectivity index (χ2n) is 6.35. The molecule has 0 amide bonds. The molecule has 1 fully saturated rings. The van der Waals surface area contributed by atoms with Gasteiger partial charge in [0.2, 0.25) is 0 Å². The molecule has 1 aliphatic heterocycles. The molecular formula is C16H32F3IN4O2. The lowest BCUT2D eigenvalue weighted by atomic mass is 10.1. The highest BCUT2D eigenvalue weighted by atomic mass is 127. The molecule has 1 unspecified atom stereocenters. The number of hydrogen-bond donors (Lipinski definition) is 1. The predicted molar refractivity (Wildman–Crippen MR) is 107 cm³/mol. The van der Waals surface area contributed by atoms with E-state index in [4.69, 9.17) is 9.47 Å². The van der Waals surface area contributed by atoms with E-state index in [0.717, 1.165) is 25.5 Å². The molecule has 0 saturated carbocycles. The van der Waals surface area contributed by atoms with E-state index in [-0.39, 0.29) is 24.0 Å². The predicted octanol–water partition coefficient (Wildman–Crippen LogP) is 2.05. The van der Waals surface area contributed by atoms with E-state index >= 15 is 0 Å². The summed E-state index contributed by atoms with van der Waals surface area (Å²) >= 11 is 0.